The summed E-state index contributed by atoms with van der Waals surface area (Å²) in [6.45, 7) is 0. The van der Waals surface area contributed by atoms with Gasteiger partial charge < -0.3 is 4.90 Å². The van der Waals surface area contributed by atoms with Crippen molar-refractivity contribution in [2.75, 3.05) is 4.90 Å². The van der Waals surface area contributed by atoms with Crippen LogP contribution in [0.5, 0.6) is 0 Å². The second-order valence-electron chi connectivity index (χ2n) is 10.3. The van der Waals surface area contributed by atoms with Gasteiger partial charge in [-0.3, -0.25) is 4.98 Å². The van der Waals surface area contributed by atoms with Crippen LogP contribution >= 0.6 is 0 Å². The Bertz CT molecular complexity index is 2040. The molecule has 0 bridgehead atoms. The van der Waals surface area contributed by atoms with Crippen LogP contribution in [0.2, 0.25) is 0 Å². The molecule has 7 rings (SSSR count). The molecule has 1 heterocycles. The quantitative estimate of drug-likeness (QED) is 0.201. The third-order valence-corrected chi connectivity index (χ3v) is 7.62. The van der Waals surface area contributed by atoms with Gasteiger partial charge in [-0.1, -0.05) is 91.0 Å². The van der Waals surface area contributed by atoms with E-state index in [9.17, 15) is 8.78 Å². The second-order valence-corrected chi connectivity index (χ2v) is 10.3. The summed E-state index contributed by atoms with van der Waals surface area (Å²) in [7, 11) is 0. The van der Waals surface area contributed by atoms with Crippen molar-refractivity contribution >= 4 is 28.0 Å². The van der Waals surface area contributed by atoms with Crippen LogP contribution in [0, 0.1) is 11.6 Å². The zero-order valence-electron chi connectivity index (χ0n) is 23.2. The van der Waals surface area contributed by atoms with Crippen LogP contribution in [0.15, 0.2) is 158 Å². The second kappa shape index (κ2) is 11.3. The van der Waals surface area contributed by atoms with Crippen LogP contribution in [0.3, 0.4) is 0 Å². The minimum Gasteiger partial charge on any atom is -0.309 e. The van der Waals surface area contributed by atoms with Crippen molar-refractivity contribution < 1.29 is 8.78 Å². The summed E-state index contributed by atoms with van der Waals surface area (Å²) < 4.78 is 28.6. The summed E-state index contributed by atoms with van der Waals surface area (Å²) in [5, 5.41) is 0.932. The first kappa shape index (κ1) is 26.3. The van der Waals surface area contributed by atoms with Gasteiger partial charge in [-0.2, -0.15) is 0 Å². The van der Waals surface area contributed by atoms with Crippen molar-refractivity contribution in [3.05, 3.63) is 169 Å². The molecule has 206 valence electrons. The average Bonchev–Trinajstić information content (AvgIpc) is 3.06. The highest BCUT2D eigenvalue weighted by atomic mass is 19.1. The maximum Gasteiger partial charge on any atom is 0.123 e. The van der Waals surface area contributed by atoms with Gasteiger partial charge in [0, 0.05) is 28.4 Å². The van der Waals surface area contributed by atoms with Crippen LogP contribution < -0.4 is 4.90 Å². The summed E-state index contributed by atoms with van der Waals surface area (Å²) in [4.78, 5) is 7.00. The normalized spacial score (nSPS) is 11.0. The number of benzene rings is 6. The first-order valence-corrected chi connectivity index (χ1v) is 14.1. The third-order valence-electron chi connectivity index (χ3n) is 7.62. The van der Waals surface area contributed by atoms with Crippen molar-refractivity contribution in [2.45, 2.75) is 0 Å². The zero-order chi connectivity index (χ0) is 29.2. The van der Waals surface area contributed by atoms with Crippen LogP contribution in [0.4, 0.5) is 25.8 Å². The molecule has 0 amide bonds. The lowest BCUT2D eigenvalue weighted by Crippen LogP contribution is -2.12. The third kappa shape index (κ3) is 5.15. The first-order chi connectivity index (χ1) is 21.2. The number of aromatic nitrogens is 1. The van der Waals surface area contributed by atoms with Gasteiger partial charge in [0.2, 0.25) is 0 Å². The highest BCUT2D eigenvalue weighted by Gasteiger charge is 2.21. The fourth-order valence-electron chi connectivity index (χ4n) is 5.64. The molecule has 0 aliphatic rings. The van der Waals surface area contributed by atoms with E-state index in [1.165, 1.54) is 24.3 Å². The molecular formula is C39H26F2N2. The number of rotatable bonds is 6. The number of pyridine rings is 1. The minimum atomic E-state index is -0.320. The van der Waals surface area contributed by atoms with Crippen molar-refractivity contribution in [1.29, 1.82) is 0 Å². The number of nitrogens with zero attached hydrogens (tertiary/aromatic N) is 2. The number of hydrogen-bond donors (Lipinski definition) is 0. The maximum absolute atomic E-state index is 14.4. The van der Waals surface area contributed by atoms with Crippen molar-refractivity contribution in [2.24, 2.45) is 0 Å². The molecule has 7 aromatic rings. The average molecular weight is 561 g/mol. The molecule has 0 spiro atoms. The molecule has 0 saturated heterocycles. The van der Waals surface area contributed by atoms with Crippen LogP contribution in [-0.4, -0.2) is 4.98 Å². The van der Waals surface area contributed by atoms with Gasteiger partial charge in [-0.05, 0) is 82.9 Å². The fourth-order valence-corrected chi connectivity index (χ4v) is 5.64. The van der Waals surface area contributed by atoms with Gasteiger partial charge in [0.15, 0.2) is 0 Å². The molecule has 43 heavy (non-hydrogen) atoms. The monoisotopic (exact) mass is 560 g/mol. The molecule has 4 heteroatoms. The van der Waals surface area contributed by atoms with Crippen molar-refractivity contribution in [3.8, 4) is 33.4 Å². The van der Waals surface area contributed by atoms with E-state index < -0.39 is 0 Å². The number of fused-ring (bicyclic) bond motifs is 1. The largest absolute Gasteiger partial charge is 0.309 e. The lowest BCUT2D eigenvalue weighted by atomic mass is 9.94. The van der Waals surface area contributed by atoms with E-state index in [4.69, 9.17) is 4.98 Å². The minimum absolute atomic E-state index is 0.310. The molecule has 0 aliphatic carbocycles. The predicted molar refractivity (Wildman–Crippen MR) is 173 cm³/mol. The molecular weight excluding hydrogens is 534 g/mol. The first-order valence-electron chi connectivity index (χ1n) is 14.1. The van der Waals surface area contributed by atoms with E-state index in [1.54, 1.807) is 18.2 Å². The Balaban J connectivity index is 1.55. The smallest absolute Gasteiger partial charge is 0.123 e. The van der Waals surface area contributed by atoms with E-state index in [0.717, 1.165) is 61.3 Å². The Labute approximate surface area is 249 Å². The highest BCUT2D eigenvalue weighted by molar-refractivity contribution is 6.06. The molecule has 0 atom stereocenters. The zero-order valence-corrected chi connectivity index (χ0v) is 23.2. The Hall–Kier alpha value is -5.61. The number of hydrogen-bond acceptors (Lipinski definition) is 2. The molecule has 1 aromatic heterocycles. The molecule has 0 N–H and O–H groups in total. The molecule has 0 aliphatic heterocycles. The van der Waals surface area contributed by atoms with Gasteiger partial charge in [-0.15, -0.1) is 0 Å². The molecule has 2 nitrogen and oxygen atoms in total. The molecule has 6 aromatic carbocycles. The van der Waals surface area contributed by atoms with Crippen LogP contribution in [-0.2, 0) is 0 Å². The number of anilines is 3. The molecule has 0 saturated carbocycles. The predicted octanol–water partition coefficient (Wildman–Crippen LogP) is 11.0. The lowest BCUT2D eigenvalue weighted by molar-refractivity contribution is 0.627. The fraction of sp³-hybridized carbons (Fsp3) is 0. The van der Waals surface area contributed by atoms with Gasteiger partial charge in [0.05, 0.1) is 16.9 Å². The standard InChI is InChI=1S/C39H26F2N2/c40-31-18-20-33(21-19-31)43(37-17-8-7-16-34(37)29-14-9-15-32(41)24-29)38-22-23-42-39-35(28-12-5-2-6-13-28)25-30(26-36(38)39)27-10-3-1-4-11-27/h1-26H. The van der Waals surface area contributed by atoms with E-state index in [2.05, 4.69) is 41.3 Å². The van der Waals surface area contributed by atoms with Crippen LogP contribution in [0.1, 0.15) is 0 Å². The van der Waals surface area contributed by atoms with Gasteiger partial charge in [0.25, 0.3) is 0 Å². The van der Waals surface area contributed by atoms with Gasteiger partial charge in [-0.25, -0.2) is 8.78 Å². The van der Waals surface area contributed by atoms with E-state index in [1.807, 2.05) is 79.0 Å². The summed E-state index contributed by atoms with van der Waals surface area (Å²) in [6, 6.07) is 47.8. The lowest BCUT2D eigenvalue weighted by Gasteiger charge is -2.29. The highest BCUT2D eigenvalue weighted by Crippen LogP contribution is 2.45. The van der Waals surface area contributed by atoms with Crippen LogP contribution in [0.25, 0.3) is 44.3 Å². The SMILES string of the molecule is Fc1ccc(N(c2ccccc2-c2cccc(F)c2)c2ccnc3c(-c4ccccc4)cc(-c4ccccc4)cc23)cc1. The molecule has 0 unspecified atom stereocenters. The summed E-state index contributed by atoms with van der Waals surface area (Å²) >= 11 is 0. The van der Waals surface area contributed by atoms with Crippen molar-refractivity contribution in [1.82, 2.24) is 4.98 Å². The molecule has 0 fully saturated rings. The van der Waals surface area contributed by atoms with Gasteiger partial charge in [0.1, 0.15) is 11.6 Å². The van der Waals surface area contributed by atoms with Gasteiger partial charge >= 0.3 is 0 Å². The summed E-state index contributed by atoms with van der Waals surface area (Å²) in [5.41, 5.74) is 9.12. The Morgan fingerprint density at radius 2 is 1.12 bits per heavy atom. The van der Waals surface area contributed by atoms with E-state index >= 15 is 0 Å². The summed E-state index contributed by atoms with van der Waals surface area (Å²) in [5.74, 6) is -0.630. The summed E-state index contributed by atoms with van der Waals surface area (Å²) in [6.07, 6.45) is 1.81. The number of para-hydroxylation sites is 1. The maximum atomic E-state index is 14.4. The molecule has 0 radical (unpaired) electrons. The number of halogens is 2. The Kier molecular flexibility index (Phi) is 6.94. The van der Waals surface area contributed by atoms with Crippen molar-refractivity contribution in [3.63, 3.8) is 0 Å². The van der Waals surface area contributed by atoms with E-state index in [-0.39, 0.29) is 11.6 Å². The Morgan fingerprint density at radius 1 is 0.442 bits per heavy atom. The van der Waals surface area contributed by atoms with E-state index in [0.29, 0.717) is 0 Å². The Morgan fingerprint density at radius 3 is 1.86 bits per heavy atom. The topological polar surface area (TPSA) is 16.1 Å².